The lowest BCUT2D eigenvalue weighted by Crippen LogP contribution is -2.25. The van der Waals surface area contributed by atoms with Gasteiger partial charge < -0.3 is 28.7 Å². The molecule has 1 aliphatic rings. The van der Waals surface area contributed by atoms with Crippen LogP contribution in [0.2, 0.25) is 5.02 Å². The molecule has 0 radical (unpaired) electrons. The molecule has 0 spiro atoms. The summed E-state index contributed by atoms with van der Waals surface area (Å²) < 4.78 is 23.0. The van der Waals surface area contributed by atoms with Gasteiger partial charge in [0.15, 0.2) is 23.0 Å². The first-order valence-electron chi connectivity index (χ1n) is 17.4. The third kappa shape index (κ3) is 10.4. The number of anilines is 2. The van der Waals surface area contributed by atoms with Crippen molar-refractivity contribution in [1.29, 1.82) is 0 Å². The van der Waals surface area contributed by atoms with Gasteiger partial charge in [0, 0.05) is 39.4 Å². The normalized spacial score (nSPS) is 11.6. The molecule has 1 aromatic heterocycles. The summed E-state index contributed by atoms with van der Waals surface area (Å²) in [5, 5.41) is 2.94. The highest BCUT2D eigenvalue weighted by Crippen LogP contribution is 2.48. The number of nitrogens with zero attached hydrogens (tertiary/aromatic N) is 3. The summed E-state index contributed by atoms with van der Waals surface area (Å²) in [6.45, 7) is 12.3. The average Bonchev–Trinajstić information content (AvgIpc) is 3.10. The van der Waals surface area contributed by atoms with Gasteiger partial charge in [0.1, 0.15) is 0 Å². The van der Waals surface area contributed by atoms with Gasteiger partial charge in [-0.2, -0.15) is 0 Å². The van der Waals surface area contributed by atoms with Crippen LogP contribution in [0.5, 0.6) is 23.0 Å². The number of halogens is 2. The van der Waals surface area contributed by atoms with Crippen LogP contribution in [0.25, 0.3) is 10.8 Å². The van der Waals surface area contributed by atoms with E-state index in [4.69, 9.17) is 30.5 Å². The Balaban J connectivity index is 0.000000235. The van der Waals surface area contributed by atoms with Crippen molar-refractivity contribution in [2.45, 2.75) is 50.3 Å². The van der Waals surface area contributed by atoms with Gasteiger partial charge in [-0.05, 0) is 126 Å². The van der Waals surface area contributed by atoms with E-state index in [1.165, 1.54) is 21.2 Å². The maximum Gasteiger partial charge on any atom is 0.161 e. The molecular formula is C41H49Cl2N3O4S. The van der Waals surface area contributed by atoms with Crippen LogP contribution in [0.3, 0.4) is 0 Å². The third-order valence-corrected chi connectivity index (χ3v) is 9.43. The van der Waals surface area contributed by atoms with Crippen LogP contribution in [0.4, 0.5) is 11.4 Å². The molecule has 10 heteroatoms. The molecule has 0 saturated heterocycles. The van der Waals surface area contributed by atoms with Gasteiger partial charge in [-0.15, -0.1) is 12.4 Å². The summed E-state index contributed by atoms with van der Waals surface area (Å²) in [7, 11) is 4.23. The minimum atomic E-state index is 0. The van der Waals surface area contributed by atoms with E-state index in [0.29, 0.717) is 32.8 Å². The average molecular weight is 751 g/mol. The molecule has 4 aromatic carbocycles. The second-order valence-corrected chi connectivity index (χ2v) is 13.5. The molecule has 1 aliphatic heterocycles. The number of hydrogen-bond donors (Lipinski definition) is 0. The number of aromatic nitrogens is 1. The summed E-state index contributed by atoms with van der Waals surface area (Å²) in [5.74, 6) is 3.04. The van der Waals surface area contributed by atoms with Crippen molar-refractivity contribution in [3.05, 3.63) is 101 Å². The first kappa shape index (κ1) is 40.0. The molecule has 0 fully saturated rings. The second-order valence-electron chi connectivity index (χ2n) is 12.0. The fourth-order valence-corrected chi connectivity index (χ4v) is 7.15. The fourth-order valence-electron chi connectivity index (χ4n) is 5.91. The maximum absolute atomic E-state index is 6.21. The van der Waals surface area contributed by atoms with Crippen molar-refractivity contribution in [3.8, 4) is 23.0 Å². The molecule has 2 heterocycles. The molecule has 272 valence electrons. The number of fused-ring (bicyclic) bond motifs is 3. The third-order valence-electron chi connectivity index (χ3n) is 8.07. The van der Waals surface area contributed by atoms with Crippen molar-refractivity contribution >= 4 is 57.9 Å². The van der Waals surface area contributed by atoms with E-state index in [1.807, 2.05) is 82.1 Å². The molecule has 6 rings (SSSR count). The van der Waals surface area contributed by atoms with Crippen molar-refractivity contribution in [3.63, 3.8) is 0 Å². The van der Waals surface area contributed by atoms with Gasteiger partial charge in [0.05, 0.1) is 43.5 Å². The van der Waals surface area contributed by atoms with E-state index in [1.54, 1.807) is 0 Å². The summed E-state index contributed by atoms with van der Waals surface area (Å²) in [4.78, 5) is 11.9. The van der Waals surface area contributed by atoms with Gasteiger partial charge in [-0.1, -0.05) is 41.6 Å². The first-order chi connectivity index (χ1) is 24.3. The van der Waals surface area contributed by atoms with Crippen LogP contribution < -0.4 is 23.8 Å². The lowest BCUT2D eigenvalue weighted by molar-refractivity contribution is 0.287. The molecule has 0 amide bonds. The van der Waals surface area contributed by atoms with Crippen molar-refractivity contribution in [1.82, 2.24) is 9.88 Å². The van der Waals surface area contributed by atoms with Gasteiger partial charge in [-0.3, -0.25) is 4.98 Å². The molecule has 51 heavy (non-hydrogen) atoms. The van der Waals surface area contributed by atoms with Gasteiger partial charge in [0.25, 0.3) is 0 Å². The van der Waals surface area contributed by atoms with E-state index in [2.05, 4.69) is 71.3 Å². The Morgan fingerprint density at radius 3 is 2.06 bits per heavy atom. The highest BCUT2D eigenvalue weighted by Gasteiger charge is 2.23. The summed E-state index contributed by atoms with van der Waals surface area (Å²) in [6, 6.07) is 26.9. The number of pyridine rings is 1. The topological polar surface area (TPSA) is 56.3 Å². The van der Waals surface area contributed by atoms with E-state index >= 15 is 0 Å². The molecular weight excluding hydrogens is 701 g/mol. The molecule has 0 saturated carbocycles. The lowest BCUT2D eigenvalue weighted by Gasteiger charge is -2.33. The minimum absolute atomic E-state index is 0. The minimum Gasteiger partial charge on any atom is -0.490 e. The zero-order valence-corrected chi connectivity index (χ0v) is 32.8. The fraction of sp³-hybridized carbons (Fsp3) is 0.341. The van der Waals surface area contributed by atoms with Crippen LogP contribution in [0.1, 0.15) is 45.4 Å². The zero-order valence-electron chi connectivity index (χ0n) is 30.4. The van der Waals surface area contributed by atoms with Gasteiger partial charge in [0.2, 0.25) is 0 Å². The van der Waals surface area contributed by atoms with Crippen LogP contribution in [-0.2, 0) is 6.42 Å². The quantitative estimate of drug-likeness (QED) is 0.111. The Kier molecular flexibility index (Phi) is 15.4. The lowest BCUT2D eigenvalue weighted by atomic mass is 10.0. The van der Waals surface area contributed by atoms with E-state index in [9.17, 15) is 0 Å². The van der Waals surface area contributed by atoms with Crippen molar-refractivity contribution < 1.29 is 18.9 Å². The summed E-state index contributed by atoms with van der Waals surface area (Å²) in [5.41, 5.74) is 4.61. The SMILES string of the molecule is CCOc1ccc(Cc2nccc3cc(OCC)c(OCC)cc23)cc1OCC.CN(C)CCCN1c2ccccc2Sc2ccc(Cl)cc21.Cl. The van der Waals surface area contributed by atoms with E-state index in [0.717, 1.165) is 69.6 Å². The van der Waals surface area contributed by atoms with Crippen LogP contribution in [-0.4, -0.2) is 63.5 Å². The molecule has 0 N–H and O–H groups in total. The zero-order chi connectivity index (χ0) is 35.5. The number of benzene rings is 4. The van der Waals surface area contributed by atoms with Crippen molar-refractivity contribution in [2.24, 2.45) is 0 Å². The Morgan fingerprint density at radius 1 is 0.706 bits per heavy atom. The molecule has 0 atom stereocenters. The number of para-hydroxylation sites is 1. The van der Waals surface area contributed by atoms with Crippen LogP contribution in [0.15, 0.2) is 94.9 Å². The van der Waals surface area contributed by atoms with E-state index in [-0.39, 0.29) is 12.4 Å². The summed E-state index contributed by atoms with van der Waals surface area (Å²) >= 11 is 8.03. The predicted molar refractivity (Wildman–Crippen MR) is 215 cm³/mol. The van der Waals surface area contributed by atoms with Crippen molar-refractivity contribution in [2.75, 3.05) is 58.5 Å². The highest BCUT2D eigenvalue weighted by atomic mass is 35.5. The van der Waals surface area contributed by atoms with E-state index < -0.39 is 0 Å². The Labute approximate surface area is 318 Å². The Bertz CT molecular complexity index is 1870. The second kappa shape index (κ2) is 19.7. The molecule has 7 nitrogen and oxygen atoms in total. The number of rotatable bonds is 14. The molecule has 5 aromatic rings. The highest BCUT2D eigenvalue weighted by molar-refractivity contribution is 7.99. The monoisotopic (exact) mass is 749 g/mol. The smallest absolute Gasteiger partial charge is 0.161 e. The number of ether oxygens (including phenoxy) is 4. The summed E-state index contributed by atoms with van der Waals surface area (Å²) in [6.07, 6.45) is 3.65. The molecule has 0 unspecified atom stereocenters. The number of hydrogen-bond acceptors (Lipinski definition) is 8. The molecule has 0 bridgehead atoms. The van der Waals surface area contributed by atoms with Gasteiger partial charge >= 0.3 is 0 Å². The Hall–Kier alpha value is -3.82. The van der Waals surface area contributed by atoms with Gasteiger partial charge in [-0.25, -0.2) is 0 Å². The Morgan fingerprint density at radius 2 is 1.35 bits per heavy atom. The predicted octanol–water partition coefficient (Wildman–Crippen LogP) is 10.7. The first-order valence-corrected chi connectivity index (χ1v) is 18.6. The molecule has 0 aliphatic carbocycles. The van der Waals surface area contributed by atoms with Crippen LogP contribution in [0, 0.1) is 0 Å². The maximum atomic E-state index is 6.21. The largest absolute Gasteiger partial charge is 0.490 e. The van der Waals surface area contributed by atoms with Crippen LogP contribution >= 0.6 is 35.8 Å². The standard InChI is InChI=1S/C24H29NO4.C17H19ClN2S.ClH/c1-5-26-21-10-9-17(14-22(21)27-6-2)13-20-19-16-24(29-8-4)23(28-7-3)15-18(19)11-12-25-20;1-19(2)10-5-11-20-14-6-3-4-7-16(14)21-17-9-8-13(18)12-15(17)20;/h9-12,14-16H,5-8,13H2,1-4H3;3-4,6-9,12H,5,10-11H2,1-2H3;1H.